The first-order valence-electron chi connectivity index (χ1n) is 8.91. The van der Waals surface area contributed by atoms with E-state index in [4.69, 9.17) is 13.9 Å². The van der Waals surface area contributed by atoms with Crippen molar-refractivity contribution in [3.05, 3.63) is 69.6 Å². The van der Waals surface area contributed by atoms with Crippen LogP contribution in [-0.4, -0.2) is 23.3 Å². The first kappa shape index (κ1) is 20.0. The molecule has 0 bridgehead atoms. The number of phenolic OH excluding ortho intramolecular Hbond substituents is 2. The van der Waals surface area contributed by atoms with E-state index in [0.717, 1.165) is 0 Å². The van der Waals surface area contributed by atoms with E-state index in [1.807, 2.05) is 6.92 Å². The van der Waals surface area contributed by atoms with Gasteiger partial charge in [0.25, 0.3) is 0 Å². The van der Waals surface area contributed by atoms with Crippen LogP contribution < -0.4 is 10.4 Å². The smallest absolute Gasteiger partial charge is 0.336 e. The molecule has 2 N–H and O–H groups in total. The molecule has 150 valence electrons. The highest BCUT2D eigenvalue weighted by Gasteiger charge is 2.11. The lowest BCUT2D eigenvalue weighted by Crippen LogP contribution is -2.06. The first-order chi connectivity index (χ1) is 13.9. The number of fused-ring (bicyclic) bond motifs is 1. The van der Waals surface area contributed by atoms with Crippen molar-refractivity contribution in [2.45, 2.75) is 20.0 Å². The van der Waals surface area contributed by atoms with E-state index < -0.39 is 11.6 Å². The largest absolute Gasteiger partial charge is 0.508 e. The highest BCUT2D eigenvalue weighted by atomic mass is 16.5. The van der Waals surface area contributed by atoms with Crippen molar-refractivity contribution in [2.75, 3.05) is 7.11 Å². The third kappa shape index (κ3) is 4.57. The van der Waals surface area contributed by atoms with Crippen LogP contribution in [0.4, 0.5) is 0 Å². The summed E-state index contributed by atoms with van der Waals surface area (Å²) in [7, 11) is 1.43. The number of ether oxygens (including phenoxy) is 2. The molecule has 0 aliphatic heterocycles. The maximum atomic E-state index is 12.1. The molecule has 3 rings (SSSR count). The third-order valence-corrected chi connectivity index (χ3v) is 4.40. The Hall–Kier alpha value is -3.74. The van der Waals surface area contributed by atoms with Crippen molar-refractivity contribution in [2.24, 2.45) is 0 Å². The summed E-state index contributed by atoms with van der Waals surface area (Å²) in [6.45, 7) is 1.76. The number of benzene rings is 2. The minimum atomic E-state index is -0.604. The number of hydrogen-bond donors (Lipinski definition) is 2. The second kappa shape index (κ2) is 8.52. The topological polar surface area (TPSA) is 106 Å². The lowest BCUT2D eigenvalue weighted by Gasteiger charge is -2.09. The van der Waals surface area contributed by atoms with E-state index >= 15 is 0 Å². The molecule has 0 spiro atoms. The van der Waals surface area contributed by atoms with Crippen LogP contribution in [-0.2, 0) is 22.6 Å². The van der Waals surface area contributed by atoms with Gasteiger partial charge in [-0.3, -0.25) is 0 Å². The Morgan fingerprint density at radius 2 is 1.90 bits per heavy atom. The molecule has 2 aromatic carbocycles. The average molecular weight is 396 g/mol. The number of aryl methyl sites for hydroxylation is 1. The monoisotopic (exact) mass is 396 g/mol. The Balaban J connectivity index is 1.78. The molecule has 3 aromatic rings. The van der Waals surface area contributed by atoms with Gasteiger partial charge < -0.3 is 24.1 Å². The van der Waals surface area contributed by atoms with Gasteiger partial charge in [0.05, 0.1) is 7.11 Å². The molecule has 0 unspecified atom stereocenters. The molecular weight excluding hydrogens is 376 g/mol. The van der Waals surface area contributed by atoms with Crippen LogP contribution in [0.1, 0.15) is 23.6 Å². The van der Waals surface area contributed by atoms with Crippen LogP contribution in [0.25, 0.3) is 17.0 Å². The van der Waals surface area contributed by atoms with E-state index in [9.17, 15) is 19.8 Å². The molecule has 0 aliphatic rings. The summed E-state index contributed by atoms with van der Waals surface area (Å²) in [5, 5.41) is 20.2. The van der Waals surface area contributed by atoms with Crippen LogP contribution in [0.3, 0.4) is 0 Å². The lowest BCUT2D eigenvalue weighted by atomic mass is 10.0. The summed E-state index contributed by atoms with van der Waals surface area (Å²) < 4.78 is 15.4. The lowest BCUT2D eigenvalue weighted by molar-refractivity contribution is -0.138. The molecule has 1 aromatic heterocycles. The van der Waals surface area contributed by atoms with Crippen LogP contribution in [0.15, 0.2) is 51.7 Å². The van der Waals surface area contributed by atoms with Gasteiger partial charge in [-0.15, -0.1) is 0 Å². The van der Waals surface area contributed by atoms with Gasteiger partial charge in [-0.2, -0.15) is 0 Å². The van der Waals surface area contributed by atoms with Crippen molar-refractivity contribution in [3.63, 3.8) is 0 Å². The fourth-order valence-corrected chi connectivity index (χ4v) is 2.87. The summed E-state index contributed by atoms with van der Waals surface area (Å²) in [4.78, 5) is 23.9. The molecule has 0 saturated heterocycles. The second-order valence-electron chi connectivity index (χ2n) is 6.29. The number of phenols is 2. The highest BCUT2D eigenvalue weighted by molar-refractivity contribution is 5.88. The van der Waals surface area contributed by atoms with Crippen LogP contribution in [0.5, 0.6) is 17.2 Å². The van der Waals surface area contributed by atoms with Crippen molar-refractivity contribution in [3.8, 4) is 17.2 Å². The number of esters is 1. The molecule has 0 saturated carbocycles. The maximum Gasteiger partial charge on any atom is 0.336 e. The van der Waals surface area contributed by atoms with Crippen LogP contribution in [0, 0.1) is 0 Å². The highest BCUT2D eigenvalue weighted by Crippen LogP contribution is 2.28. The molecule has 0 aliphatic carbocycles. The molecule has 0 amide bonds. The maximum absolute atomic E-state index is 12.1. The quantitative estimate of drug-likeness (QED) is 0.373. The molecule has 1 heterocycles. The van der Waals surface area contributed by atoms with E-state index in [0.29, 0.717) is 28.5 Å². The molecule has 0 fully saturated rings. The first-order valence-corrected chi connectivity index (χ1v) is 8.91. The number of rotatable bonds is 6. The van der Waals surface area contributed by atoms with Gasteiger partial charge in [-0.05, 0) is 41.8 Å². The van der Waals surface area contributed by atoms with Gasteiger partial charge in [0.1, 0.15) is 17.9 Å². The summed E-state index contributed by atoms with van der Waals surface area (Å²) in [5.41, 5.74) is 1.45. The zero-order valence-corrected chi connectivity index (χ0v) is 16.0. The fraction of sp³-hybridized carbons (Fsp3) is 0.182. The summed E-state index contributed by atoms with van der Waals surface area (Å²) >= 11 is 0. The second-order valence-corrected chi connectivity index (χ2v) is 6.29. The molecule has 29 heavy (non-hydrogen) atoms. The summed E-state index contributed by atoms with van der Waals surface area (Å²) in [6, 6.07) is 9.03. The van der Waals surface area contributed by atoms with E-state index in [1.165, 1.54) is 37.5 Å². The SMILES string of the molecule is CCc1cc2c(COC(=O)/C=C/c3ccc(O)c(OC)c3)cc(=O)oc2cc1O. The molecule has 0 atom stereocenters. The summed E-state index contributed by atoms with van der Waals surface area (Å²) in [6.07, 6.45) is 3.36. The third-order valence-electron chi connectivity index (χ3n) is 4.40. The number of carbonyl (C=O) groups excluding carboxylic acids is 1. The standard InChI is InChI=1S/C22H20O7/c1-3-14-9-16-15(10-22(26)29-19(16)11-18(14)24)12-28-21(25)7-5-13-4-6-17(23)20(8-13)27-2/h4-11,23-24H,3,12H2,1-2H3/b7-5+. The van der Waals surface area contributed by atoms with Crippen LogP contribution in [0.2, 0.25) is 0 Å². The summed E-state index contributed by atoms with van der Waals surface area (Å²) in [5.74, 6) is -0.269. The zero-order chi connectivity index (χ0) is 21.0. The minimum Gasteiger partial charge on any atom is -0.508 e. The van der Waals surface area contributed by atoms with E-state index in [2.05, 4.69) is 0 Å². The van der Waals surface area contributed by atoms with Crippen LogP contribution >= 0.6 is 0 Å². The molecule has 0 radical (unpaired) electrons. The van der Waals surface area contributed by atoms with Gasteiger partial charge >= 0.3 is 11.6 Å². The number of carbonyl (C=O) groups is 1. The number of methoxy groups -OCH3 is 1. The molecular formula is C22H20O7. The number of hydrogen-bond acceptors (Lipinski definition) is 7. The Kier molecular flexibility index (Phi) is 5.87. The van der Waals surface area contributed by atoms with Crippen molar-refractivity contribution in [1.29, 1.82) is 0 Å². The zero-order valence-electron chi connectivity index (χ0n) is 16.0. The van der Waals surface area contributed by atoms with Gasteiger partial charge in [-0.1, -0.05) is 13.0 Å². The normalized spacial score (nSPS) is 11.1. The number of aromatic hydroxyl groups is 2. The van der Waals surface area contributed by atoms with E-state index in [1.54, 1.807) is 18.2 Å². The Morgan fingerprint density at radius 1 is 1.10 bits per heavy atom. The van der Waals surface area contributed by atoms with Gasteiger partial charge in [0.2, 0.25) is 0 Å². The fourth-order valence-electron chi connectivity index (χ4n) is 2.87. The van der Waals surface area contributed by atoms with E-state index in [-0.39, 0.29) is 29.4 Å². The van der Waals surface area contributed by atoms with Gasteiger partial charge in [0, 0.05) is 29.2 Å². The van der Waals surface area contributed by atoms with Crippen molar-refractivity contribution in [1.82, 2.24) is 0 Å². The Labute approximate surface area is 166 Å². The minimum absolute atomic E-state index is 0.000464. The average Bonchev–Trinajstić information content (AvgIpc) is 2.70. The molecule has 7 nitrogen and oxygen atoms in total. The Morgan fingerprint density at radius 3 is 2.62 bits per heavy atom. The Bertz CT molecular complexity index is 1140. The van der Waals surface area contributed by atoms with Crippen molar-refractivity contribution < 1.29 is 28.9 Å². The predicted molar refractivity (Wildman–Crippen MR) is 107 cm³/mol. The molecule has 7 heteroatoms. The van der Waals surface area contributed by atoms with Crippen molar-refractivity contribution >= 4 is 23.0 Å². The van der Waals surface area contributed by atoms with Gasteiger partial charge in [0.15, 0.2) is 11.5 Å². The predicted octanol–water partition coefficient (Wildman–Crippen LogP) is 3.53. The van der Waals surface area contributed by atoms with Gasteiger partial charge in [-0.25, -0.2) is 9.59 Å².